The minimum atomic E-state index is -4.22. The van der Waals surface area contributed by atoms with Crippen LogP contribution in [0.1, 0.15) is 6.55 Å². The predicted octanol–water partition coefficient (Wildman–Crippen LogP) is 3.19. The summed E-state index contributed by atoms with van der Waals surface area (Å²) in [4.78, 5) is 28.8. The Morgan fingerprint density at radius 1 is 0.923 bits per heavy atom. The number of aromatic amines is 1. The molecule has 0 spiro atoms. The van der Waals surface area contributed by atoms with Crippen molar-refractivity contribution in [1.29, 1.82) is 0 Å². The fraction of sp³-hybridized carbons (Fsp3) is 0.0870. The number of halogens is 7. The van der Waals surface area contributed by atoms with Crippen LogP contribution in [0.3, 0.4) is 0 Å². The first kappa shape index (κ1) is 31.2. The van der Waals surface area contributed by atoms with E-state index in [1.165, 1.54) is 6.20 Å². The molecule has 6 aromatic heterocycles. The smallest absolute Gasteiger partial charge is 0.543 e. The molecule has 0 saturated heterocycles. The van der Waals surface area contributed by atoms with E-state index in [-0.39, 0.29) is 35.2 Å². The first-order valence-electron chi connectivity index (χ1n) is 10.3. The second-order valence-corrected chi connectivity index (χ2v) is 9.51. The Bertz CT molecular complexity index is 1780. The van der Waals surface area contributed by atoms with E-state index in [1.807, 2.05) is 24.4 Å². The van der Waals surface area contributed by atoms with Gasteiger partial charge in [-0.05, 0) is 79.9 Å². The summed E-state index contributed by atoms with van der Waals surface area (Å²) in [6.45, 7) is -2.63. The number of carboxylic acid groups (broad SMARTS) is 1. The number of aromatic nitrogens is 6. The summed E-state index contributed by atoms with van der Waals surface area (Å²) < 4.78 is 50.3. The van der Waals surface area contributed by atoms with Crippen molar-refractivity contribution in [3.63, 3.8) is 0 Å². The molecule has 0 radical (unpaired) electrons. The number of H-pyrrole nitrogens is 1. The monoisotopic (exact) mass is 696 g/mol. The molecule has 0 atom stereocenters. The van der Waals surface area contributed by atoms with E-state index in [2.05, 4.69) is 68.4 Å². The molecule has 0 aromatic carbocycles. The Hall–Kier alpha value is -2.36. The van der Waals surface area contributed by atoms with Gasteiger partial charge in [0.1, 0.15) is 26.5 Å². The second kappa shape index (κ2) is 12.9. The Balaban J connectivity index is 0.000000173. The molecule has 6 heterocycles. The first-order chi connectivity index (χ1) is 18.0. The molecule has 0 aliphatic carbocycles. The molecule has 0 aliphatic rings. The second-order valence-electron chi connectivity index (χ2n) is 7.41. The molecule has 0 fully saturated rings. The van der Waals surface area contributed by atoms with Crippen LogP contribution in [0, 0.1) is 0 Å². The molecule has 0 bridgehead atoms. The van der Waals surface area contributed by atoms with Crippen molar-refractivity contribution in [2.45, 2.75) is 11.9 Å². The number of nitrogens with zero attached hydrogens (tertiary/aromatic N) is 5. The molecular formula is C23H12Br2ClF4N6NaO2. The summed E-state index contributed by atoms with van der Waals surface area (Å²) >= 11 is 10.4. The van der Waals surface area contributed by atoms with Crippen LogP contribution < -0.4 is 34.7 Å². The van der Waals surface area contributed by atoms with Crippen LogP contribution >= 0.6 is 43.5 Å². The number of carbonyl (C=O) groups is 1. The molecule has 8 nitrogen and oxygen atoms in total. The number of pyridine rings is 4. The van der Waals surface area contributed by atoms with Crippen molar-refractivity contribution in [1.82, 2.24) is 29.5 Å². The standard InChI is InChI=1S/C11H6BrF2N3.C10H6BrN3.C2HClF2O2.Na/c12-9-2-1-6-7-5-15-4-3-8(7)17(11(13)14)10(6)16-9;11-9-2-1-6-7-5-12-4-3-8(7)13-10(6)14-9;3-2(4,5)1(6)7;/h1-5,11H;1-5H,(H,13,14);(H,6,7);/q;;;+1/p-1. The van der Waals surface area contributed by atoms with Crippen molar-refractivity contribution in [3.05, 3.63) is 70.4 Å². The average molecular weight is 699 g/mol. The van der Waals surface area contributed by atoms with Gasteiger partial charge >= 0.3 is 41.5 Å². The van der Waals surface area contributed by atoms with Crippen LogP contribution in [0.5, 0.6) is 0 Å². The number of alkyl halides is 5. The van der Waals surface area contributed by atoms with Crippen LogP contribution in [0.4, 0.5) is 17.6 Å². The summed E-state index contributed by atoms with van der Waals surface area (Å²) in [7, 11) is 0. The normalized spacial score (nSPS) is 11.2. The number of carboxylic acids is 1. The molecule has 0 unspecified atom stereocenters. The van der Waals surface area contributed by atoms with E-state index in [9.17, 15) is 17.6 Å². The van der Waals surface area contributed by atoms with Crippen LogP contribution in [-0.4, -0.2) is 40.8 Å². The van der Waals surface area contributed by atoms with Crippen molar-refractivity contribution < 1.29 is 57.0 Å². The van der Waals surface area contributed by atoms with E-state index in [4.69, 9.17) is 9.90 Å². The third kappa shape index (κ3) is 7.05. The fourth-order valence-electron chi connectivity index (χ4n) is 3.53. The first-order valence-corrected chi connectivity index (χ1v) is 12.3. The molecule has 0 amide bonds. The van der Waals surface area contributed by atoms with E-state index in [1.54, 1.807) is 30.6 Å². The van der Waals surface area contributed by atoms with Crippen molar-refractivity contribution >= 4 is 93.3 Å². The maximum Gasteiger partial charge on any atom is 1.00 e. The summed E-state index contributed by atoms with van der Waals surface area (Å²) in [5.74, 6) is -2.57. The average Bonchev–Trinajstić information content (AvgIpc) is 3.38. The molecular weight excluding hydrogens is 687 g/mol. The number of fused-ring (bicyclic) bond motifs is 6. The third-order valence-corrected chi connectivity index (χ3v) is 6.11. The number of carbonyl (C=O) groups excluding carboxylic acids is 1. The van der Waals surface area contributed by atoms with Gasteiger partial charge in [0, 0.05) is 46.3 Å². The zero-order valence-corrected chi connectivity index (χ0v) is 25.5. The largest absolute Gasteiger partial charge is 1.00 e. The molecule has 39 heavy (non-hydrogen) atoms. The topological polar surface area (TPSA) is 112 Å². The summed E-state index contributed by atoms with van der Waals surface area (Å²) in [6.07, 6.45) is 6.69. The van der Waals surface area contributed by atoms with Gasteiger partial charge in [-0.25, -0.2) is 9.97 Å². The minimum Gasteiger partial charge on any atom is -0.543 e. The van der Waals surface area contributed by atoms with Gasteiger partial charge in [-0.2, -0.15) is 17.6 Å². The number of hydrogen-bond acceptors (Lipinski definition) is 6. The van der Waals surface area contributed by atoms with Gasteiger partial charge < -0.3 is 14.9 Å². The van der Waals surface area contributed by atoms with Gasteiger partial charge in [-0.1, -0.05) is 0 Å². The molecule has 6 aromatic rings. The number of hydrogen-bond donors (Lipinski definition) is 1. The molecule has 196 valence electrons. The van der Waals surface area contributed by atoms with E-state index >= 15 is 0 Å². The van der Waals surface area contributed by atoms with Crippen LogP contribution in [0.15, 0.2) is 70.4 Å². The summed E-state index contributed by atoms with van der Waals surface area (Å²) in [5.41, 5.74) is 2.66. The number of aliphatic carboxylic acids is 1. The van der Waals surface area contributed by atoms with Gasteiger partial charge in [0.2, 0.25) is 0 Å². The van der Waals surface area contributed by atoms with Crippen molar-refractivity contribution in [2.75, 3.05) is 0 Å². The maximum absolute atomic E-state index is 13.1. The molecule has 16 heteroatoms. The molecule has 0 aliphatic heterocycles. The SMILES string of the molecule is Brc1ccc2c(n1)[nH]c1ccncc12.FC(F)n1c2ccncc2c2ccc(Br)nc21.O=C([O-])C(F)(F)Cl.[Na+]. The van der Waals surface area contributed by atoms with Gasteiger partial charge in [0.05, 0.1) is 11.0 Å². The number of nitrogens with one attached hydrogen (secondary N) is 1. The Morgan fingerprint density at radius 2 is 1.49 bits per heavy atom. The van der Waals surface area contributed by atoms with Crippen molar-refractivity contribution in [2.24, 2.45) is 0 Å². The van der Waals surface area contributed by atoms with Crippen LogP contribution in [0.2, 0.25) is 0 Å². The van der Waals surface area contributed by atoms with E-state index in [0.717, 1.165) is 31.1 Å². The maximum atomic E-state index is 13.1. The molecule has 1 N–H and O–H groups in total. The van der Waals surface area contributed by atoms with Crippen molar-refractivity contribution in [3.8, 4) is 0 Å². The summed E-state index contributed by atoms with van der Waals surface area (Å²) in [6, 6.07) is 11.0. The Morgan fingerprint density at radius 3 is 2.10 bits per heavy atom. The predicted molar refractivity (Wildman–Crippen MR) is 139 cm³/mol. The minimum absolute atomic E-state index is 0. The van der Waals surface area contributed by atoms with Gasteiger partial charge in [0.25, 0.3) is 0 Å². The zero-order valence-electron chi connectivity index (χ0n) is 19.5. The Labute approximate surface area is 260 Å². The fourth-order valence-corrected chi connectivity index (χ4v) is 4.14. The zero-order chi connectivity index (χ0) is 27.6. The van der Waals surface area contributed by atoms with Crippen LogP contribution in [-0.2, 0) is 4.79 Å². The van der Waals surface area contributed by atoms with Crippen LogP contribution in [0.25, 0.3) is 43.9 Å². The van der Waals surface area contributed by atoms with Gasteiger partial charge in [-0.3, -0.25) is 14.5 Å². The van der Waals surface area contributed by atoms with Gasteiger partial charge in [-0.15, -0.1) is 0 Å². The van der Waals surface area contributed by atoms with Gasteiger partial charge in [0.15, 0.2) is 0 Å². The Kier molecular flexibility index (Phi) is 10.3. The number of rotatable bonds is 2. The van der Waals surface area contributed by atoms with E-state index in [0.29, 0.717) is 20.9 Å². The van der Waals surface area contributed by atoms with E-state index < -0.39 is 17.9 Å². The summed E-state index contributed by atoms with van der Waals surface area (Å²) in [5, 5.41) is 8.39. The third-order valence-electron chi connectivity index (χ3n) is 5.07. The molecule has 0 saturated carbocycles. The molecule has 6 rings (SSSR count). The quantitative estimate of drug-likeness (QED) is 0.129.